The zero-order valence-corrected chi connectivity index (χ0v) is 13.9. The number of amides is 1. The smallest absolute Gasteiger partial charge is 0.258 e. The summed E-state index contributed by atoms with van der Waals surface area (Å²) in [6, 6.07) is 5.69. The summed E-state index contributed by atoms with van der Waals surface area (Å²) in [6.45, 7) is 3.96. The number of nitrogens with one attached hydrogen (secondary N) is 1. The van der Waals surface area contributed by atoms with Crippen molar-refractivity contribution in [3.8, 4) is 0 Å². The molecule has 5 nitrogen and oxygen atoms in total. The van der Waals surface area contributed by atoms with Crippen LogP contribution in [0.4, 0.5) is 11.6 Å². The molecule has 1 fully saturated rings. The molecule has 1 saturated heterocycles. The Kier molecular flexibility index (Phi) is 4.38. The van der Waals surface area contributed by atoms with Gasteiger partial charge >= 0.3 is 0 Å². The zero-order valence-electron chi connectivity index (χ0n) is 12.3. The van der Waals surface area contributed by atoms with Gasteiger partial charge in [-0.1, -0.05) is 15.9 Å². The molecule has 2 aromatic rings. The molecule has 3 rings (SSSR count). The minimum absolute atomic E-state index is 0.199. The van der Waals surface area contributed by atoms with Gasteiger partial charge in [-0.2, -0.15) is 0 Å². The molecular weight excluding hydrogens is 344 g/mol. The number of rotatable bonds is 3. The molecule has 0 bridgehead atoms. The largest absolute Gasteiger partial charge is 0.341 e. The van der Waals surface area contributed by atoms with Crippen LogP contribution < -0.4 is 10.2 Å². The van der Waals surface area contributed by atoms with Gasteiger partial charge < -0.3 is 10.2 Å². The highest BCUT2D eigenvalue weighted by molar-refractivity contribution is 9.10. The Bertz CT molecular complexity index is 681. The van der Waals surface area contributed by atoms with Crippen molar-refractivity contribution in [2.45, 2.75) is 19.8 Å². The zero-order chi connectivity index (χ0) is 15.5. The van der Waals surface area contributed by atoms with Gasteiger partial charge in [-0.25, -0.2) is 9.97 Å². The monoisotopic (exact) mass is 360 g/mol. The minimum atomic E-state index is -0.199. The molecule has 1 N–H and O–H groups in total. The van der Waals surface area contributed by atoms with Crippen LogP contribution in [0.5, 0.6) is 0 Å². The molecule has 0 atom stereocenters. The van der Waals surface area contributed by atoms with Gasteiger partial charge in [-0.05, 0) is 43.5 Å². The molecule has 1 aromatic heterocycles. The lowest BCUT2D eigenvalue weighted by molar-refractivity contribution is 0.102. The van der Waals surface area contributed by atoms with Gasteiger partial charge in [-0.3, -0.25) is 4.79 Å². The van der Waals surface area contributed by atoms with E-state index in [4.69, 9.17) is 0 Å². The summed E-state index contributed by atoms with van der Waals surface area (Å²) in [5, 5.41) is 2.86. The molecule has 1 amide bonds. The van der Waals surface area contributed by atoms with Crippen molar-refractivity contribution in [2.24, 2.45) is 0 Å². The molecule has 0 unspecified atom stereocenters. The molecule has 2 heterocycles. The summed E-state index contributed by atoms with van der Waals surface area (Å²) in [7, 11) is 0. The second-order valence-corrected chi connectivity index (χ2v) is 6.24. The third kappa shape index (κ3) is 3.27. The van der Waals surface area contributed by atoms with E-state index in [0.717, 1.165) is 28.8 Å². The number of aromatic nitrogens is 2. The number of aryl methyl sites for hydroxylation is 1. The van der Waals surface area contributed by atoms with Crippen LogP contribution in [0.15, 0.2) is 35.1 Å². The molecule has 0 saturated carbocycles. The van der Waals surface area contributed by atoms with Crippen LogP contribution in [0.2, 0.25) is 0 Å². The summed E-state index contributed by atoms with van der Waals surface area (Å²) >= 11 is 3.44. The first-order valence-electron chi connectivity index (χ1n) is 7.28. The molecule has 1 aliphatic heterocycles. The maximum absolute atomic E-state index is 12.2. The first-order valence-corrected chi connectivity index (χ1v) is 8.07. The number of nitrogens with zero attached hydrogens (tertiary/aromatic N) is 3. The quantitative estimate of drug-likeness (QED) is 0.911. The minimum Gasteiger partial charge on any atom is -0.341 e. The topological polar surface area (TPSA) is 58.1 Å². The first kappa shape index (κ1) is 15.0. The maximum Gasteiger partial charge on any atom is 0.258 e. The lowest BCUT2D eigenvalue weighted by Gasteiger charge is -2.14. The Hall–Kier alpha value is -1.95. The number of carbonyl (C=O) groups excluding carboxylic acids is 1. The van der Waals surface area contributed by atoms with E-state index in [1.807, 2.05) is 25.1 Å². The predicted octanol–water partition coefficient (Wildman–Crippen LogP) is 3.40. The average Bonchev–Trinajstić information content (AvgIpc) is 3.05. The highest BCUT2D eigenvalue weighted by Crippen LogP contribution is 2.20. The molecule has 1 aliphatic rings. The van der Waals surface area contributed by atoms with Crippen LogP contribution in [0, 0.1) is 6.92 Å². The van der Waals surface area contributed by atoms with Crippen LogP contribution in [-0.4, -0.2) is 29.0 Å². The van der Waals surface area contributed by atoms with Gasteiger partial charge in [-0.15, -0.1) is 0 Å². The summed E-state index contributed by atoms with van der Waals surface area (Å²) < 4.78 is 1.02. The summed E-state index contributed by atoms with van der Waals surface area (Å²) in [5.74, 6) is 0.503. The van der Waals surface area contributed by atoms with E-state index >= 15 is 0 Å². The van der Waals surface area contributed by atoms with Gasteiger partial charge in [0.2, 0.25) is 5.95 Å². The van der Waals surface area contributed by atoms with Crippen molar-refractivity contribution in [2.75, 3.05) is 23.3 Å². The fourth-order valence-electron chi connectivity index (χ4n) is 2.44. The Morgan fingerprint density at radius 3 is 2.55 bits per heavy atom. The fourth-order valence-corrected chi connectivity index (χ4v) is 2.69. The molecule has 0 spiro atoms. The SMILES string of the molecule is Cc1cc(NC(=O)c2cnc(N3CCCC3)nc2)ccc1Br. The van der Waals surface area contributed by atoms with Crippen molar-refractivity contribution in [3.05, 3.63) is 46.2 Å². The van der Waals surface area contributed by atoms with Crippen LogP contribution in [0.3, 0.4) is 0 Å². The lowest BCUT2D eigenvalue weighted by atomic mass is 10.2. The number of hydrogen-bond donors (Lipinski definition) is 1. The highest BCUT2D eigenvalue weighted by Gasteiger charge is 2.15. The van der Waals surface area contributed by atoms with Gasteiger partial charge in [0.1, 0.15) is 0 Å². The Balaban J connectivity index is 1.70. The summed E-state index contributed by atoms with van der Waals surface area (Å²) in [5.41, 5.74) is 2.29. The van der Waals surface area contributed by atoms with Crippen molar-refractivity contribution in [1.29, 1.82) is 0 Å². The van der Waals surface area contributed by atoms with Crippen molar-refractivity contribution >= 4 is 33.5 Å². The molecule has 6 heteroatoms. The molecule has 0 aliphatic carbocycles. The van der Waals surface area contributed by atoms with E-state index in [1.54, 1.807) is 12.4 Å². The van der Waals surface area contributed by atoms with E-state index in [1.165, 1.54) is 12.8 Å². The van der Waals surface area contributed by atoms with Crippen LogP contribution in [-0.2, 0) is 0 Å². The van der Waals surface area contributed by atoms with Crippen LogP contribution in [0.25, 0.3) is 0 Å². The Labute approximate surface area is 137 Å². The van der Waals surface area contributed by atoms with E-state index in [0.29, 0.717) is 11.5 Å². The lowest BCUT2D eigenvalue weighted by Crippen LogP contribution is -2.21. The predicted molar refractivity (Wildman–Crippen MR) is 90.3 cm³/mol. The third-order valence-electron chi connectivity index (χ3n) is 3.71. The third-order valence-corrected chi connectivity index (χ3v) is 4.59. The molecule has 1 aromatic carbocycles. The maximum atomic E-state index is 12.2. The van der Waals surface area contributed by atoms with Crippen molar-refractivity contribution in [3.63, 3.8) is 0 Å². The second kappa shape index (κ2) is 6.44. The van der Waals surface area contributed by atoms with Crippen LogP contribution >= 0.6 is 15.9 Å². The Morgan fingerprint density at radius 1 is 1.23 bits per heavy atom. The van der Waals surface area contributed by atoms with E-state index in [-0.39, 0.29) is 5.91 Å². The number of hydrogen-bond acceptors (Lipinski definition) is 4. The van der Waals surface area contributed by atoms with Crippen molar-refractivity contribution < 1.29 is 4.79 Å². The van der Waals surface area contributed by atoms with Gasteiger partial charge in [0.25, 0.3) is 5.91 Å². The molecule has 114 valence electrons. The van der Waals surface area contributed by atoms with Gasteiger partial charge in [0.15, 0.2) is 0 Å². The van der Waals surface area contributed by atoms with E-state index in [9.17, 15) is 4.79 Å². The summed E-state index contributed by atoms with van der Waals surface area (Å²) in [4.78, 5) is 23.0. The second-order valence-electron chi connectivity index (χ2n) is 5.38. The molecule has 0 radical (unpaired) electrons. The normalized spacial score (nSPS) is 14.2. The first-order chi connectivity index (χ1) is 10.6. The number of carbonyl (C=O) groups is 1. The number of anilines is 2. The number of halogens is 1. The van der Waals surface area contributed by atoms with E-state index in [2.05, 4.69) is 36.1 Å². The molecule has 22 heavy (non-hydrogen) atoms. The highest BCUT2D eigenvalue weighted by atomic mass is 79.9. The van der Waals surface area contributed by atoms with Crippen LogP contribution in [0.1, 0.15) is 28.8 Å². The van der Waals surface area contributed by atoms with Gasteiger partial charge in [0, 0.05) is 35.6 Å². The van der Waals surface area contributed by atoms with Crippen molar-refractivity contribution in [1.82, 2.24) is 9.97 Å². The fraction of sp³-hybridized carbons (Fsp3) is 0.312. The molecular formula is C16H17BrN4O. The van der Waals surface area contributed by atoms with Gasteiger partial charge in [0.05, 0.1) is 5.56 Å². The van der Waals surface area contributed by atoms with E-state index < -0.39 is 0 Å². The standard InChI is InChI=1S/C16H17BrN4O/c1-11-8-13(4-5-14(11)17)20-15(22)12-9-18-16(19-10-12)21-6-2-3-7-21/h4-5,8-10H,2-3,6-7H2,1H3,(H,20,22). The Morgan fingerprint density at radius 2 is 1.91 bits per heavy atom. The average molecular weight is 361 g/mol. The number of benzene rings is 1. The summed E-state index contributed by atoms with van der Waals surface area (Å²) in [6.07, 6.45) is 5.52.